The Balaban J connectivity index is 3.58. The maximum Gasteiger partial charge on any atom is 0.346 e. The number of rotatable bonds is 5. The zero-order valence-electron chi connectivity index (χ0n) is 7.66. The number of methoxy groups -OCH3 is 1. The highest BCUT2D eigenvalue weighted by Crippen LogP contribution is 1.92. The first kappa shape index (κ1) is 11.6. The summed E-state index contributed by atoms with van der Waals surface area (Å²) in [5.74, 6) is -1.27. The molecule has 0 aliphatic carbocycles. The Bertz CT molecular complexity index is 209. The molecule has 0 spiro atoms. The van der Waals surface area contributed by atoms with Gasteiger partial charge in [0.05, 0.1) is 0 Å². The summed E-state index contributed by atoms with van der Waals surface area (Å²) in [6, 6.07) is 0. The number of carbonyl (C=O) groups is 2. The Hall–Kier alpha value is -1.36. The van der Waals surface area contributed by atoms with Gasteiger partial charge in [0.2, 0.25) is 0 Å². The van der Waals surface area contributed by atoms with Gasteiger partial charge in [0.15, 0.2) is 13.4 Å². The van der Waals surface area contributed by atoms with Crippen LogP contribution in [0.25, 0.3) is 0 Å². The lowest BCUT2D eigenvalue weighted by Crippen LogP contribution is -2.17. The van der Waals surface area contributed by atoms with Crippen molar-refractivity contribution in [2.75, 3.05) is 20.5 Å². The number of ether oxygens (including phenoxy) is 3. The molecule has 0 aromatic heterocycles. The third kappa shape index (κ3) is 5.86. The van der Waals surface area contributed by atoms with E-state index in [4.69, 9.17) is 0 Å². The van der Waals surface area contributed by atoms with Crippen LogP contribution in [0.1, 0.15) is 6.92 Å². The minimum Gasteiger partial charge on any atom is -0.450 e. The van der Waals surface area contributed by atoms with Crippen molar-refractivity contribution in [2.24, 2.45) is 0 Å². The van der Waals surface area contributed by atoms with Crippen LogP contribution < -0.4 is 0 Å². The van der Waals surface area contributed by atoms with E-state index in [0.29, 0.717) is 0 Å². The van der Waals surface area contributed by atoms with Crippen molar-refractivity contribution in [3.8, 4) is 0 Å². The normalized spacial score (nSPS) is 9.08. The van der Waals surface area contributed by atoms with Gasteiger partial charge in [0.1, 0.15) is 0 Å². The fraction of sp³-hybridized carbons (Fsp3) is 0.500. The number of carbonyl (C=O) groups excluding carboxylic acids is 2. The summed E-state index contributed by atoms with van der Waals surface area (Å²) < 4.78 is 13.4. The molecule has 0 aliphatic rings. The lowest BCUT2D eigenvalue weighted by Gasteiger charge is -2.04. The summed E-state index contributed by atoms with van der Waals surface area (Å²) in [6.45, 7) is 4.26. The fourth-order valence-electron chi connectivity index (χ4n) is 0.414. The molecule has 0 aromatic rings. The molecule has 0 saturated heterocycles. The first-order chi connectivity index (χ1) is 6.07. The predicted molar refractivity (Wildman–Crippen MR) is 43.7 cm³/mol. The highest BCUT2D eigenvalue weighted by atomic mass is 16.7. The summed E-state index contributed by atoms with van der Waals surface area (Å²) in [5.41, 5.74) is 0.236. The highest BCUT2D eigenvalue weighted by molar-refractivity contribution is 5.88. The predicted octanol–water partition coefficient (Wildman–Crippen LogP) is 0.253. The SMILES string of the molecule is C=C(C)C(=O)OCC(=O)OCOC. The van der Waals surface area contributed by atoms with E-state index in [0.717, 1.165) is 0 Å². The topological polar surface area (TPSA) is 61.8 Å². The zero-order valence-corrected chi connectivity index (χ0v) is 7.66. The largest absolute Gasteiger partial charge is 0.450 e. The molecule has 0 radical (unpaired) electrons. The first-order valence-electron chi connectivity index (χ1n) is 3.55. The van der Waals surface area contributed by atoms with Crippen LogP contribution in [0, 0.1) is 0 Å². The lowest BCUT2D eigenvalue weighted by molar-refractivity contribution is -0.164. The third-order valence-electron chi connectivity index (χ3n) is 1.01. The van der Waals surface area contributed by atoms with E-state index in [2.05, 4.69) is 20.8 Å². The van der Waals surface area contributed by atoms with E-state index in [1.54, 1.807) is 0 Å². The lowest BCUT2D eigenvalue weighted by atomic mass is 10.4. The van der Waals surface area contributed by atoms with Crippen molar-refractivity contribution < 1.29 is 23.8 Å². The van der Waals surface area contributed by atoms with Gasteiger partial charge in [-0.15, -0.1) is 0 Å². The fourth-order valence-corrected chi connectivity index (χ4v) is 0.414. The first-order valence-corrected chi connectivity index (χ1v) is 3.55. The van der Waals surface area contributed by atoms with Crippen molar-refractivity contribution in [1.82, 2.24) is 0 Å². The van der Waals surface area contributed by atoms with Crippen LogP contribution in [0.2, 0.25) is 0 Å². The van der Waals surface area contributed by atoms with Crippen molar-refractivity contribution in [1.29, 1.82) is 0 Å². The molecule has 5 heteroatoms. The van der Waals surface area contributed by atoms with E-state index in [1.165, 1.54) is 14.0 Å². The standard InChI is InChI=1S/C8H12O5/c1-6(2)8(10)12-4-7(9)13-5-11-3/h1,4-5H2,2-3H3. The van der Waals surface area contributed by atoms with Crippen LogP contribution in [0.5, 0.6) is 0 Å². The Labute approximate surface area is 76.3 Å². The average Bonchev–Trinajstić information content (AvgIpc) is 2.10. The maximum atomic E-state index is 10.8. The maximum absolute atomic E-state index is 10.8. The second kappa shape index (κ2) is 6.19. The van der Waals surface area contributed by atoms with Gasteiger partial charge in [0, 0.05) is 12.7 Å². The van der Waals surface area contributed by atoms with Gasteiger partial charge < -0.3 is 14.2 Å². The van der Waals surface area contributed by atoms with E-state index in [-0.39, 0.29) is 12.4 Å². The molecule has 74 valence electrons. The molecular weight excluding hydrogens is 176 g/mol. The molecule has 0 amide bonds. The Morgan fingerprint density at radius 3 is 2.38 bits per heavy atom. The quantitative estimate of drug-likeness (QED) is 0.351. The Morgan fingerprint density at radius 2 is 1.92 bits per heavy atom. The number of hydrogen-bond donors (Lipinski definition) is 0. The van der Waals surface area contributed by atoms with Crippen LogP contribution in [0.4, 0.5) is 0 Å². The summed E-state index contributed by atoms with van der Waals surface area (Å²) >= 11 is 0. The summed E-state index contributed by atoms with van der Waals surface area (Å²) in [6.07, 6.45) is 0. The van der Waals surface area contributed by atoms with Gasteiger partial charge in [0.25, 0.3) is 0 Å². The number of hydrogen-bond acceptors (Lipinski definition) is 5. The molecule has 0 rings (SSSR count). The highest BCUT2D eigenvalue weighted by Gasteiger charge is 2.08. The smallest absolute Gasteiger partial charge is 0.346 e. The van der Waals surface area contributed by atoms with Crippen molar-refractivity contribution in [3.63, 3.8) is 0 Å². The molecule has 13 heavy (non-hydrogen) atoms. The molecule has 0 saturated carbocycles. The van der Waals surface area contributed by atoms with Gasteiger partial charge in [-0.3, -0.25) is 0 Å². The molecule has 0 atom stereocenters. The van der Waals surface area contributed by atoms with Gasteiger partial charge in [-0.2, -0.15) is 0 Å². The molecule has 5 nitrogen and oxygen atoms in total. The van der Waals surface area contributed by atoms with Crippen molar-refractivity contribution in [2.45, 2.75) is 6.92 Å². The molecule has 0 bridgehead atoms. The minimum atomic E-state index is -0.656. The van der Waals surface area contributed by atoms with Crippen LogP contribution in [0.15, 0.2) is 12.2 Å². The minimum absolute atomic E-state index is 0.149. The monoisotopic (exact) mass is 188 g/mol. The number of esters is 2. The molecular formula is C8H12O5. The second-order valence-corrected chi connectivity index (χ2v) is 2.28. The molecule has 0 heterocycles. The molecule has 0 fully saturated rings. The summed E-state index contributed by atoms with van der Waals surface area (Å²) in [5, 5.41) is 0. The van der Waals surface area contributed by atoms with Gasteiger partial charge in [-0.05, 0) is 6.92 Å². The van der Waals surface area contributed by atoms with Gasteiger partial charge >= 0.3 is 11.9 Å². The third-order valence-corrected chi connectivity index (χ3v) is 1.01. The van der Waals surface area contributed by atoms with Gasteiger partial charge in [-0.1, -0.05) is 6.58 Å². The second-order valence-electron chi connectivity index (χ2n) is 2.28. The van der Waals surface area contributed by atoms with Crippen molar-refractivity contribution >= 4 is 11.9 Å². The van der Waals surface area contributed by atoms with Gasteiger partial charge in [-0.25, -0.2) is 9.59 Å². The molecule has 0 N–H and O–H groups in total. The molecule has 0 aliphatic heterocycles. The van der Waals surface area contributed by atoms with Crippen molar-refractivity contribution in [3.05, 3.63) is 12.2 Å². The zero-order chi connectivity index (χ0) is 10.3. The Morgan fingerprint density at radius 1 is 1.31 bits per heavy atom. The summed E-state index contributed by atoms with van der Waals surface area (Å²) in [4.78, 5) is 21.5. The summed E-state index contributed by atoms with van der Waals surface area (Å²) in [7, 11) is 1.38. The van der Waals surface area contributed by atoms with E-state index < -0.39 is 18.5 Å². The Kier molecular flexibility index (Phi) is 5.54. The van der Waals surface area contributed by atoms with Crippen LogP contribution >= 0.6 is 0 Å². The van der Waals surface area contributed by atoms with E-state index in [9.17, 15) is 9.59 Å². The van der Waals surface area contributed by atoms with E-state index >= 15 is 0 Å². The van der Waals surface area contributed by atoms with Crippen LogP contribution in [0.3, 0.4) is 0 Å². The van der Waals surface area contributed by atoms with Crippen LogP contribution in [-0.2, 0) is 23.8 Å². The van der Waals surface area contributed by atoms with E-state index in [1.807, 2.05) is 0 Å². The average molecular weight is 188 g/mol. The van der Waals surface area contributed by atoms with Crippen LogP contribution in [-0.4, -0.2) is 32.4 Å². The molecule has 0 aromatic carbocycles. The molecule has 0 unspecified atom stereocenters.